The molecule has 1 fully saturated rings. The van der Waals surface area contributed by atoms with Gasteiger partial charge >= 0.3 is 11.9 Å². The second kappa shape index (κ2) is 5.76. The fourth-order valence-corrected chi connectivity index (χ4v) is 4.09. The first-order chi connectivity index (χ1) is 10.9. The predicted molar refractivity (Wildman–Crippen MR) is 80.0 cm³/mol. The second-order valence-corrected chi connectivity index (χ2v) is 7.19. The summed E-state index contributed by atoms with van der Waals surface area (Å²) in [6, 6.07) is 6.37. The number of carbonyl (C=O) groups is 3. The third-order valence-electron chi connectivity index (χ3n) is 3.85. The van der Waals surface area contributed by atoms with Crippen molar-refractivity contribution in [2.24, 2.45) is 16.7 Å². The van der Waals surface area contributed by atoms with E-state index in [0.29, 0.717) is 3.79 Å². The summed E-state index contributed by atoms with van der Waals surface area (Å²) in [5, 5.41) is 18.9. The highest BCUT2D eigenvalue weighted by Crippen LogP contribution is 2.70. The molecule has 1 saturated carbocycles. The average molecular weight is 397 g/mol. The monoisotopic (exact) mass is 396 g/mol. The smallest absolute Gasteiger partial charge is 0.329 e. The number of Topliss-reactive ketones (excluding diaryl/α,β-unsaturated/α-hetero) is 1. The van der Waals surface area contributed by atoms with Crippen LogP contribution in [0.15, 0.2) is 15.9 Å². The predicted octanol–water partition coefficient (Wildman–Crippen LogP) is 1.69. The Morgan fingerprint density at radius 1 is 1.13 bits per heavy atom. The zero-order valence-corrected chi connectivity index (χ0v) is 14.4. The number of nitriles is 2. The van der Waals surface area contributed by atoms with Crippen LogP contribution in [0, 0.1) is 39.4 Å². The van der Waals surface area contributed by atoms with Gasteiger partial charge in [0.05, 0.1) is 40.9 Å². The molecule has 118 valence electrons. The van der Waals surface area contributed by atoms with Crippen LogP contribution in [0.25, 0.3) is 0 Å². The van der Waals surface area contributed by atoms with Crippen molar-refractivity contribution in [1.29, 1.82) is 10.5 Å². The van der Waals surface area contributed by atoms with Gasteiger partial charge in [-0.1, -0.05) is 0 Å². The fourth-order valence-electron chi connectivity index (χ4n) is 2.73. The van der Waals surface area contributed by atoms with Crippen LogP contribution in [0.5, 0.6) is 0 Å². The minimum absolute atomic E-state index is 0.214. The van der Waals surface area contributed by atoms with Gasteiger partial charge in [0, 0.05) is 0 Å². The summed E-state index contributed by atoms with van der Waals surface area (Å²) < 4.78 is 9.78. The van der Waals surface area contributed by atoms with Crippen molar-refractivity contribution < 1.29 is 23.9 Å². The van der Waals surface area contributed by atoms with Crippen LogP contribution in [-0.2, 0) is 19.1 Å². The minimum Gasteiger partial charge on any atom is -0.468 e. The molecule has 2 rings (SSSR count). The summed E-state index contributed by atoms with van der Waals surface area (Å²) in [6.45, 7) is 0. The van der Waals surface area contributed by atoms with Gasteiger partial charge in [0.15, 0.2) is 16.6 Å². The first kappa shape index (κ1) is 17.1. The van der Waals surface area contributed by atoms with E-state index in [0.717, 1.165) is 25.6 Å². The van der Waals surface area contributed by atoms with Crippen LogP contribution in [-0.4, -0.2) is 31.9 Å². The minimum atomic E-state index is -2.21. The molecule has 7 nitrogen and oxygen atoms in total. The molecule has 0 bridgehead atoms. The largest absolute Gasteiger partial charge is 0.468 e. The molecule has 9 heteroatoms. The van der Waals surface area contributed by atoms with Crippen molar-refractivity contribution in [3.05, 3.63) is 20.8 Å². The standard InChI is InChI=1S/C14H9BrN2O5S/c1-21-11(19)13(5-16)10(14(13,6-17)12(20)22-2)9(18)7-3-4-8(15)23-7/h3-4,10H,1-2H3/t10?,13-,14+. The number of hydrogen-bond acceptors (Lipinski definition) is 8. The molecule has 1 aromatic heterocycles. The molecule has 0 aromatic carbocycles. The van der Waals surface area contributed by atoms with E-state index in [4.69, 9.17) is 0 Å². The molecule has 1 heterocycles. The molecule has 0 aliphatic heterocycles. The van der Waals surface area contributed by atoms with Crippen LogP contribution in [0.4, 0.5) is 0 Å². The number of nitrogens with zero attached hydrogens (tertiary/aromatic N) is 2. The Morgan fingerprint density at radius 3 is 1.91 bits per heavy atom. The third kappa shape index (κ3) is 2.01. The van der Waals surface area contributed by atoms with E-state index in [9.17, 15) is 24.9 Å². The molecular formula is C14H9BrN2O5S. The molecule has 1 aromatic rings. The molecule has 3 atom stereocenters. The van der Waals surface area contributed by atoms with Gasteiger partial charge in [-0.25, -0.2) is 0 Å². The van der Waals surface area contributed by atoms with Crippen LogP contribution >= 0.6 is 27.3 Å². The molecule has 0 radical (unpaired) electrons. The molecule has 1 aliphatic carbocycles. The van der Waals surface area contributed by atoms with Gasteiger partial charge in [0.25, 0.3) is 0 Å². The number of methoxy groups -OCH3 is 2. The topological polar surface area (TPSA) is 117 Å². The maximum Gasteiger partial charge on any atom is 0.329 e. The number of rotatable bonds is 4. The maximum absolute atomic E-state index is 12.7. The summed E-state index contributed by atoms with van der Waals surface area (Å²) in [5.41, 5.74) is -4.42. The van der Waals surface area contributed by atoms with E-state index in [2.05, 4.69) is 25.4 Å². The second-order valence-electron chi connectivity index (χ2n) is 4.72. The van der Waals surface area contributed by atoms with Crippen LogP contribution in [0.2, 0.25) is 0 Å². The van der Waals surface area contributed by atoms with Gasteiger partial charge in [-0.3, -0.25) is 14.4 Å². The van der Waals surface area contributed by atoms with Crippen molar-refractivity contribution in [2.75, 3.05) is 14.2 Å². The molecule has 0 saturated heterocycles. The SMILES string of the molecule is COC(=O)[C@@]1(C#N)C(C(=O)c2ccc(Br)s2)[C@@]1(C#N)C(=O)OC. The Labute approximate surface area is 143 Å². The molecule has 23 heavy (non-hydrogen) atoms. The van der Waals surface area contributed by atoms with E-state index in [1.165, 1.54) is 6.07 Å². The lowest BCUT2D eigenvalue weighted by molar-refractivity contribution is -0.153. The van der Waals surface area contributed by atoms with E-state index < -0.39 is 34.5 Å². The van der Waals surface area contributed by atoms with Gasteiger partial charge < -0.3 is 9.47 Å². The fraction of sp³-hybridized carbons (Fsp3) is 0.357. The third-order valence-corrected chi connectivity index (χ3v) is 5.49. The first-order valence-electron chi connectivity index (χ1n) is 6.16. The van der Waals surface area contributed by atoms with Gasteiger partial charge in [0.1, 0.15) is 0 Å². The van der Waals surface area contributed by atoms with Crippen molar-refractivity contribution in [2.45, 2.75) is 0 Å². The zero-order chi connectivity index (χ0) is 17.4. The summed E-state index contributed by atoms with van der Waals surface area (Å²) >= 11 is 4.27. The summed E-state index contributed by atoms with van der Waals surface area (Å²) in [5.74, 6) is -4.35. The van der Waals surface area contributed by atoms with Crippen molar-refractivity contribution in [3.63, 3.8) is 0 Å². The molecule has 1 unspecified atom stereocenters. The van der Waals surface area contributed by atoms with Crippen LogP contribution in [0.3, 0.4) is 0 Å². The summed E-state index contributed by atoms with van der Waals surface area (Å²) in [6.07, 6.45) is 0. The summed E-state index contributed by atoms with van der Waals surface area (Å²) in [7, 11) is 2.03. The number of halogens is 1. The normalized spacial score (nSPS) is 28.1. The van der Waals surface area contributed by atoms with E-state index in [1.807, 2.05) is 0 Å². The molecule has 0 N–H and O–H groups in total. The van der Waals surface area contributed by atoms with E-state index in [-0.39, 0.29) is 4.88 Å². The highest BCUT2D eigenvalue weighted by molar-refractivity contribution is 9.11. The zero-order valence-electron chi connectivity index (χ0n) is 12.0. The van der Waals surface area contributed by atoms with Gasteiger partial charge in [-0.2, -0.15) is 10.5 Å². The van der Waals surface area contributed by atoms with Crippen molar-refractivity contribution >= 4 is 45.0 Å². The Balaban J connectivity index is 2.62. The van der Waals surface area contributed by atoms with Crippen molar-refractivity contribution in [1.82, 2.24) is 0 Å². The lowest BCUT2D eigenvalue weighted by atomic mass is 9.95. The van der Waals surface area contributed by atoms with E-state index >= 15 is 0 Å². The summed E-state index contributed by atoms with van der Waals surface area (Å²) in [4.78, 5) is 37.1. The maximum atomic E-state index is 12.7. The molecular weight excluding hydrogens is 388 g/mol. The molecule has 1 aliphatic rings. The van der Waals surface area contributed by atoms with Crippen LogP contribution < -0.4 is 0 Å². The number of thiophene rings is 1. The Hall–Kier alpha value is -2.23. The van der Waals surface area contributed by atoms with E-state index in [1.54, 1.807) is 18.2 Å². The number of carbonyl (C=O) groups excluding carboxylic acids is 3. The van der Waals surface area contributed by atoms with Crippen molar-refractivity contribution in [3.8, 4) is 12.1 Å². The first-order valence-corrected chi connectivity index (χ1v) is 7.77. The molecule has 0 amide bonds. The Kier molecular flexibility index (Phi) is 4.29. The Bertz CT molecular complexity index is 752. The lowest BCUT2D eigenvalue weighted by Crippen LogP contribution is -2.29. The lowest BCUT2D eigenvalue weighted by Gasteiger charge is -2.09. The number of esters is 2. The quantitative estimate of drug-likeness (QED) is 0.561. The van der Waals surface area contributed by atoms with Gasteiger partial charge in [-0.15, -0.1) is 11.3 Å². The highest BCUT2D eigenvalue weighted by atomic mass is 79.9. The number of ether oxygens (including phenoxy) is 2. The highest BCUT2D eigenvalue weighted by Gasteiger charge is 2.91. The Morgan fingerprint density at radius 2 is 1.61 bits per heavy atom. The molecule has 0 spiro atoms. The van der Waals surface area contributed by atoms with Gasteiger partial charge in [0.2, 0.25) is 0 Å². The number of hydrogen-bond donors (Lipinski definition) is 0. The van der Waals surface area contributed by atoms with Crippen LogP contribution in [0.1, 0.15) is 9.67 Å². The number of ketones is 1. The van der Waals surface area contributed by atoms with Gasteiger partial charge in [-0.05, 0) is 28.1 Å². The average Bonchev–Trinajstić information content (AvgIpc) is 2.97.